The van der Waals surface area contributed by atoms with E-state index in [1.807, 2.05) is 18.4 Å². The molecular formula is C22H22N4O2S. The minimum absolute atomic E-state index is 0.0696. The largest absolute Gasteiger partial charge is 0.325 e. The molecule has 148 valence electrons. The first-order valence-electron chi connectivity index (χ1n) is 9.38. The molecule has 4 N–H and O–H groups in total. The van der Waals surface area contributed by atoms with Crippen molar-refractivity contribution in [1.82, 2.24) is 15.3 Å². The van der Waals surface area contributed by atoms with Gasteiger partial charge in [-0.15, -0.1) is 11.3 Å². The van der Waals surface area contributed by atoms with Gasteiger partial charge in [0.2, 0.25) is 5.91 Å². The van der Waals surface area contributed by atoms with E-state index in [0.717, 1.165) is 10.4 Å². The van der Waals surface area contributed by atoms with Gasteiger partial charge in [0.25, 0.3) is 0 Å². The van der Waals surface area contributed by atoms with Crippen LogP contribution in [0.5, 0.6) is 0 Å². The smallest absolute Gasteiger partial charge is 0.323 e. The Kier molecular flexibility index (Phi) is 5.33. The molecule has 6 nitrogen and oxygen atoms in total. The highest BCUT2D eigenvalue weighted by Crippen LogP contribution is 2.27. The number of benzene rings is 2. The number of amides is 1. The van der Waals surface area contributed by atoms with Crippen LogP contribution in [-0.4, -0.2) is 21.9 Å². The first-order chi connectivity index (χ1) is 14.0. The predicted octanol–water partition coefficient (Wildman–Crippen LogP) is 3.93. The lowest BCUT2D eigenvalue weighted by Gasteiger charge is -2.23. The Hall–Kier alpha value is -3.16. The van der Waals surface area contributed by atoms with Gasteiger partial charge in [-0.25, -0.2) is 4.79 Å². The third kappa shape index (κ3) is 4.31. The standard InChI is InChI=1S/C22H22N4O2S/c1-13-5-7-15(8-6-13)20(19-4-3-11-29-19)23-14(2)21(27)24-16-9-10-17-18(12-16)26-22(28)25-17/h3-12,14,20,23H,1-2H3,(H,24,27)(H2,25,26,28)/t14-,20+/m0/s1. The number of aryl methyl sites for hydroxylation is 1. The van der Waals surface area contributed by atoms with Gasteiger partial charge < -0.3 is 15.3 Å². The van der Waals surface area contributed by atoms with Crippen molar-refractivity contribution in [3.8, 4) is 0 Å². The lowest BCUT2D eigenvalue weighted by Crippen LogP contribution is -2.40. The molecule has 2 aromatic heterocycles. The summed E-state index contributed by atoms with van der Waals surface area (Å²) < 4.78 is 0. The van der Waals surface area contributed by atoms with Crippen molar-refractivity contribution in [2.75, 3.05) is 5.32 Å². The lowest BCUT2D eigenvalue weighted by atomic mass is 10.0. The summed E-state index contributed by atoms with van der Waals surface area (Å²) in [6.07, 6.45) is 0. The van der Waals surface area contributed by atoms with Gasteiger partial charge in [-0.3, -0.25) is 10.1 Å². The molecule has 0 saturated carbocycles. The third-order valence-corrected chi connectivity index (χ3v) is 5.77. The number of imidazole rings is 1. The molecule has 0 aliphatic heterocycles. The van der Waals surface area contributed by atoms with Gasteiger partial charge in [0, 0.05) is 10.6 Å². The lowest BCUT2D eigenvalue weighted by molar-refractivity contribution is -0.117. The van der Waals surface area contributed by atoms with Crippen LogP contribution >= 0.6 is 11.3 Å². The van der Waals surface area contributed by atoms with Crippen molar-refractivity contribution >= 4 is 34.0 Å². The van der Waals surface area contributed by atoms with E-state index < -0.39 is 6.04 Å². The summed E-state index contributed by atoms with van der Waals surface area (Å²) in [7, 11) is 0. The minimum atomic E-state index is -0.427. The monoisotopic (exact) mass is 406 g/mol. The Morgan fingerprint density at radius 1 is 1.03 bits per heavy atom. The summed E-state index contributed by atoms with van der Waals surface area (Å²) in [6, 6.07) is 17.2. The van der Waals surface area contributed by atoms with Crippen molar-refractivity contribution in [1.29, 1.82) is 0 Å². The number of carbonyl (C=O) groups is 1. The van der Waals surface area contributed by atoms with E-state index >= 15 is 0 Å². The van der Waals surface area contributed by atoms with Gasteiger partial charge >= 0.3 is 5.69 Å². The number of aromatic amines is 2. The van der Waals surface area contributed by atoms with Crippen molar-refractivity contribution in [3.05, 3.63) is 86.5 Å². The fourth-order valence-electron chi connectivity index (χ4n) is 3.24. The zero-order valence-corrected chi connectivity index (χ0v) is 17.0. The Morgan fingerprint density at radius 3 is 2.52 bits per heavy atom. The number of thiophene rings is 1. The van der Waals surface area contributed by atoms with Crippen LogP contribution in [-0.2, 0) is 4.79 Å². The van der Waals surface area contributed by atoms with Gasteiger partial charge in [-0.2, -0.15) is 0 Å². The van der Waals surface area contributed by atoms with Crippen molar-refractivity contribution in [2.45, 2.75) is 25.9 Å². The van der Waals surface area contributed by atoms with Gasteiger partial charge in [-0.05, 0) is 49.1 Å². The van der Waals surface area contributed by atoms with Gasteiger partial charge in [0.15, 0.2) is 0 Å². The molecule has 7 heteroatoms. The normalized spacial score (nSPS) is 13.3. The molecule has 0 radical (unpaired) electrons. The number of rotatable bonds is 6. The van der Waals surface area contributed by atoms with Gasteiger partial charge in [0.05, 0.1) is 23.1 Å². The van der Waals surface area contributed by atoms with E-state index in [2.05, 4.69) is 57.9 Å². The predicted molar refractivity (Wildman–Crippen MR) is 117 cm³/mol. The number of hydrogen-bond donors (Lipinski definition) is 4. The van der Waals surface area contributed by atoms with Crippen LogP contribution < -0.4 is 16.3 Å². The van der Waals surface area contributed by atoms with E-state index in [1.54, 1.807) is 29.5 Å². The van der Waals surface area contributed by atoms with Crippen LogP contribution in [0.25, 0.3) is 11.0 Å². The van der Waals surface area contributed by atoms with Gasteiger partial charge in [0.1, 0.15) is 0 Å². The topological polar surface area (TPSA) is 89.8 Å². The van der Waals surface area contributed by atoms with Crippen molar-refractivity contribution in [2.24, 2.45) is 0 Å². The molecule has 0 spiro atoms. The first-order valence-corrected chi connectivity index (χ1v) is 10.3. The van der Waals surface area contributed by atoms with Crippen LogP contribution in [0, 0.1) is 6.92 Å². The van der Waals surface area contributed by atoms with Gasteiger partial charge in [-0.1, -0.05) is 35.9 Å². The van der Waals surface area contributed by atoms with Crippen LogP contribution in [0.4, 0.5) is 5.69 Å². The molecule has 2 atom stereocenters. The SMILES string of the molecule is Cc1ccc([C@@H](N[C@@H](C)C(=O)Nc2ccc3[nH]c(=O)[nH]c3c2)c2cccs2)cc1. The molecular weight excluding hydrogens is 384 g/mol. The molecule has 0 aliphatic rings. The molecule has 29 heavy (non-hydrogen) atoms. The third-order valence-electron chi connectivity index (χ3n) is 4.83. The molecule has 4 rings (SSSR count). The Balaban J connectivity index is 1.51. The van der Waals surface area contributed by atoms with Crippen LogP contribution in [0.15, 0.2) is 64.8 Å². The fourth-order valence-corrected chi connectivity index (χ4v) is 4.06. The second-order valence-corrected chi connectivity index (χ2v) is 8.06. The average Bonchev–Trinajstić information content (AvgIpc) is 3.35. The number of anilines is 1. The summed E-state index contributed by atoms with van der Waals surface area (Å²) >= 11 is 1.66. The Labute approximate surface area is 172 Å². The maximum absolute atomic E-state index is 12.8. The molecule has 0 unspecified atom stereocenters. The van der Waals surface area contributed by atoms with E-state index in [-0.39, 0.29) is 17.6 Å². The number of carbonyl (C=O) groups excluding carboxylic acids is 1. The summed E-state index contributed by atoms with van der Waals surface area (Å²) in [5.41, 5.74) is 4.04. The highest BCUT2D eigenvalue weighted by atomic mass is 32.1. The molecule has 0 bridgehead atoms. The maximum Gasteiger partial charge on any atom is 0.323 e. The summed E-state index contributed by atoms with van der Waals surface area (Å²) in [4.78, 5) is 30.8. The molecule has 2 aromatic carbocycles. The average molecular weight is 407 g/mol. The number of fused-ring (bicyclic) bond motifs is 1. The van der Waals surface area contributed by atoms with Crippen molar-refractivity contribution < 1.29 is 4.79 Å². The molecule has 0 fully saturated rings. The van der Waals surface area contributed by atoms with Crippen LogP contribution in [0.3, 0.4) is 0 Å². The van der Waals surface area contributed by atoms with E-state index in [0.29, 0.717) is 16.7 Å². The number of nitrogens with one attached hydrogen (secondary N) is 4. The minimum Gasteiger partial charge on any atom is -0.325 e. The number of aromatic nitrogens is 2. The number of H-pyrrole nitrogens is 2. The Bertz CT molecular complexity index is 1180. The second kappa shape index (κ2) is 8.06. The molecule has 1 amide bonds. The zero-order valence-electron chi connectivity index (χ0n) is 16.2. The highest BCUT2D eigenvalue weighted by molar-refractivity contribution is 7.10. The molecule has 0 saturated heterocycles. The Morgan fingerprint density at radius 2 is 1.79 bits per heavy atom. The maximum atomic E-state index is 12.8. The zero-order chi connectivity index (χ0) is 20.4. The summed E-state index contributed by atoms with van der Waals surface area (Å²) in [5, 5.41) is 8.41. The second-order valence-electron chi connectivity index (χ2n) is 7.08. The van der Waals surface area contributed by atoms with Crippen molar-refractivity contribution in [3.63, 3.8) is 0 Å². The van der Waals surface area contributed by atoms with E-state index in [1.165, 1.54) is 5.56 Å². The molecule has 4 aromatic rings. The van der Waals surface area contributed by atoms with E-state index in [9.17, 15) is 9.59 Å². The molecule has 2 heterocycles. The first kappa shape index (κ1) is 19.2. The molecule has 0 aliphatic carbocycles. The highest BCUT2D eigenvalue weighted by Gasteiger charge is 2.21. The number of hydrogen-bond acceptors (Lipinski definition) is 4. The van der Waals surface area contributed by atoms with E-state index in [4.69, 9.17) is 0 Å². The summed E-state index contributed by atoms with van der Waals surface area (Å²) in [6.45, 7) is 3.91. The summed E-state index contributed by atoms with van der Waals surface area (Å²) in [5.74, 6) is -0.143. The quantitative estimate of drug-likeness (QED) is 0.391. The fraction of sp³-hybridized carbons (Fsp3) is 0.182. The van der Waals surface area contributed by atoms with Crippen LogP contribution in [0.1, 0.15) is 29.0 Å². The van der Waals surface area contributed by atoms with Crippen LogP contribution in [0.2, 0.25) is 0 Å².